The standard InChI is InChI=1S/C26H23NO6/c1-31-19-12-9-16(10-13-19)23-22(24(28)17-11-14-20(32-2)21(15-17)33-3)25(29)26(30)27(23)18-7-5-4-6-8-18/h4-15,23,28H,1-3H3/b24-22-. The van der Waals surface area contributed by atoms with Gasteiger partial charge in [0.15, 0.2) is 11.5 Å². The molecule has 1 aliphatic heterocycles. The van der Waals surface area contributed by atoms with Crippen LogP contribution in [-0.2, 0) is 9.59 Å². The molecule has 1 atom stereocenters. The fourth-order valence-corrected chi connectivity index (χ4v) is 3.93. The van der Waals surface area contributed by atoms with Crippen molar-refractivity contribution in [2.24, 2.45) is 0 Å². The van der Waals surface area contributed by atoms with Crippen LogP contribution < -0.4 is 19.1 Å². The van der Waals surface area contributed by atoms with Gasteiger partial charge in [0.25, 0.3) is 11.7 Å². The summed E-state index contributed by atoms with van der Waals surface area (Å²) in [4.78, 5) is 27.7. The van der Waals surface area contributed by atoms with Crippen molar-refractivity contribution >= 4 is 23.1 Å². The number of amides is 1. The van der Waals surface area contributed by atoms with Crippen LogP contribution in [0.15, 0.2) is 78.4 Å². The number of ether oxygens (including phenoxy) is 3. The van der Waals surface area contributed by atoms with Gasteiger partial charge in [0.2, 0.25) is 0 Å². The molecule has 4 rings (SSSR count). The SMILES string of the molecule is COc1ccc(C2/C(=C(/O)c3ccc(OC)c(OC)c3)C(=O)C(=O)N2c2ccccc2)cc1. The van der Waals surface area contributed by atoms with E-state index in [4.69, 9.17) is 14.2 Å². The zero-order valence-electron chi connectivity index (χ0n) is 18.4. The first-order valence-corrected chi connectivity index (χ1v) is 10.2. The minimum absolute atomic E-state index is 0.0127. The lowest BCUT2D eigenvalue weighted by molar-refractivity contribution is -0.132. The van der Waals surface area contributed by atoms with E-state index in [9.17, 15) is 14.7 Å². The molecule has 0 aromatic heterocycles. The maximum Gasteiger partial charge on any atom is 0.300 e. The second-order valence-electron chi connectivity index (χ2n) is 7.35. The summed E-state index contributed by atoms with van der Waals surface area (Å²) in [6.45, 7) is 0. The molecular weight excluding hydrogens is 422 g/mol. The van der Waals surface area contributed by atoms with Gasteiger partial charge in [0.05, 0.1) is 32.9 Å². The van der Waals surface area contributed by atoms with E-state index in [1.165, 1.54) is 19.1 Å². The van der Waals surface area contributed by atoms with Crippen LogP contribution in [0.4, 0.5) is 5.69 Å². The van der Waals surface area contributed by atoms with E-state index in [-0.39, 0.29) is 11.3 Å². The fraction of sp³-hybridized carbons (Fsp3) is 0.154. The number of carbonyl (C=O) groups excluding carboxylic acids is 2. The van der Waals surface area contributed by atoms with Gasteiger partial charge in [0.1, 0.15) is 11.5 Å². The zero-order valence-corrected chi connectivity index (χ0v) is 18.4. The van der Waals surface area contributed by atoms with Crippen LogP contribution in [0.2, 0.25) is 0 Å². The number of methoxy groups -OCH3 is 3. The van der Waals surface area contributed by atoms with E-state index in [1.54, 1.807) is 73.8 Å². The quantitative estimate of drug-likeness (QED) is 0.345. The summed E-state index contributed by atoms with van der Waals surface area (Å²) in [7, 11) is 4.54. The average molecular weight is 445 g/mol. The molecule has 33 heavy (non-hydrogen) atoms. The molecule has 0 aliphatic carbocycles. The van der Waals surface area contributed by atoms with Gasteiger partial charge in [-0.15, -0.1) is 0 Å². The van der Waals surface area contributed by atoms with Gasteiger partial charge in [0, 0.05) is 11.3 Å². The van der Waals surface area contributed by atoms with Gasteiger partial charge >= 0.3 is 0 Å². The van der Waals surface area contributed by atoms with Crippen LogP contribution in [0.1, 0.15) is 17.2 Å². The first kappa shape index (κ1) is 22.0. The van der Waals surface area contributed by atoms with Crippen LogP contribution in [-0.4, -0.2) is 38.1 Å². The molecule has 0 bridgehead atoms. The molecule has 3 aromatic carbocycles. The topological polar surface area (TPSA) is 85.3 Å². The molecular formula is C26H23NO6. The highest BCUT2D eigenvalue weighted by atomic mass is 16.5. The molecule has 1 fully saturated rings. The zero-order chi connectivity index (χ0) is 23.5. The molecule has 3 aromatic rings. The van der Waals surface area contributed by atoms with Gasteiger partial charge in [-0.1, -0.05) is 30.3 Å². The Morgan fingerprint density at radius 3 is 2.09 bits per heavy atom. The number of carbonyl (C=O) groups is 2. The molecule has 1 saturated heterocycles. The van der Waals surface area contributed by atoms with Crippen molar-refractivity contribution in [1.29, 1.82) is 0 Å². The second-order valence-corrected chi connectivity index (χ2v) is 7.35. The molecule has 1 heterocycles. The van der Waals surface area contributed by atoms with E-state index in [0.29, 0.717) is 34.1 Å². The monoisotopic (exact) mass is 445 g/mol. The molecule has 0 radical (unpaired) electrons. The molecule has 1 N–H and O–H groups in total. The number of rotatable bonds is 6. The Morgan fingerprint density at radius 1 is 0.818 bits per heavy atom. The summed E-state index contributed by atoms with van der Waals surface area (Å²) in [5, 5.41) is 11.2. The highest BCUT2D eigenvalue weighted by molar-refractivity contribution is 6.51. The van der Waals surface area contributed by atoms with E-state index in [1.807, 2.05) is 6.07 Å². The smallest absolute Gasteiger partial charge is 0.300 e. The van der Waals surface area contributed by atoms with Gasteiger partial charge < -0.3 is 19.3 Å². The Balaban J connectivity index is 1.92. The van der Waals surface area contributed by atoms with Crippen molar-refractivity contribution < 1.29 is 28.9 Å². The third-order valence-corrected chi connectivity index (χ3v) is 5.57. The Kier molecular flexibility index (Phi) is 6.04. The Hall–Kier alpha value is -4.26. The second kappa shape index (κ2) is 9.08. The number of aliphatic hydroxyl groups is 1. The number of hydrogen-bond acceptors (Lipinski definition) is 6. The maximum absolute atomic E-state index is 13.2. The molecule has 7 heteroatoms. The first-order valence-electron chi connectivity index (χ1n) is 10.2. The van der Waals surface area contributed by atoms with Crippen molar-refractivity contribution in [2.45, 2.75) is 6.04 Å². The molecule has 1 unspecified atom stereocenters. The summed E-state index contributed by atoms with van der Waals surface area (Å²) in [6, 6.07) is 19.9. The minimum Gasteiger partial charge on any atom is -0.507 e. The summed E-state index contributed by atoms with van der Waals surface area (Å²) in [5.41, 5.74) is 1.52. The van der Waals surface area contributed by atoms with Gasteiger partial charge in [-0.25, -0.2) is 0 Å². The third kappa shape index (κ3) is 3.89. The van der Waals surface area contributed by atoms with Crippen LogP contribution in [0, 0.1) is 0 Å². The number of aliphatic hydroxyl groups excluding tert-OH is 1. The van der Waals surface area contributed by atoms with E-state index in [2.05, 4.69) is 0 Å². The summed E-state index contributed by atoms with van der Waals surface area (Å²) < 4.78 is 15.8. The largest absolute Gasteiger partial charge is 0.507 e. The number of nitrogens with zero attached hydrogens (tertiary/aromatic N) is 1. The van der Waals surface area contributed by atoms with Crippen molar-refractivity contribution in [3.63, 3.8) is 0 Å². The van der Waals surface area contributed by atoms with Gasteiger partial charge in [-0.3, -0.25) is 14.5 Å². The first-order chi connectivity index (χ1) is 16.0. The Morgan fingerprint density at radius 2 is 1.48 bits per heavy atom. The molecule has 0 saturated carbocycles. The number of hydrogen-bond donors (Lipinski definition) is 1. The van der Waals surface area contributed by atoms with Gasteiger partial charge in [-0.05, 0) is 48.0 Å². The molecule has 1 aliphatic rings. The number of ketones is 1. The van der Waals surface area contributed by atoms with E-state index < -0.39 is 17.7 Å². The van der Waals surface area contributed by atoms with E-state index >= 15 is 0 Å². The lowest BCUT2D eigenvalue weighted by Crippen LogP contribution is -2.29. The maximum atomic E-state index is 13.2. The normalized spacial score (nSPS) is 17.2. The molecule has 0 spiro atoms. The minimum atomic E-state index is -0.827. The molecule has 1 amide bonds. The Bertz CT molecular complexity index is 1220. The van der Waals surface area contributed by atoms with Crippen LogP contribution >= 0.6 is 0 Å². The number of anilines is 1. The summed E-state index contributed by atoms with van der Waals surface area (Å²) >= 11 is 0. The fourth-order valence-electron chi connectivity index (χ4n) is 3.93. The molecule has 168 valence electrons. The number of benzene rings is 3. The number of Topliss-reactive ketones (excluding diaryl/α,β-unsaturated/α-hetero) is 1. The summed E-state index contributed by atoms with van der Waals surface area (Å²) in [6.07, 6.45) is 0. The van der Waals surface area contributed by atoms with Crippen LogP contribution in [0.25, 0.3) is 5.76 Å². The predicted octanol–water partition coefficient (Wildman–Crippen LogP) is 4.34. The number of para-hydroxylation sites is 1. The van der Waals surface area contributed by atoms with Crippen molar-refractivity contribution in [1.82, 2.24) is 0 Å². The van der Waals surface area contributed by atoms with Crippen LogP contribution in [0.3, 0.4) is 0 Å². The highest BCUT2D eigenvalue weighted by Gasteiger charge is 2.47. The van der Waals surface area contributed by atoms with Crippen molar-refractivity contribution in [3.05, 3.63) is 89.5 Å². The third-order valence-electron chi connectivity index (χ3n) is 5.57. The van der Waals surface area contributed by atoms with E-state index in [0.717, 1.165) is 0 Å². The lowest BCUT2D eigenvalue weighted by atomic mass is 9.95. The van der Waals surface area contributed by atoms with Crippen molar-refractivity contribution in [3.8, 4) is 17.2 Å². The molecule has 7 nitrogen and oxygen atoms in total. The lowest BCUT2D eigenvalue weighted by Gasteiger charge is -2.25. The Labute approximate surface area is 191 Å². The van der Waals surface area contributed by atoms with Crippen LogP contribution in [0.5, 0.6) is 17.2 Å². The van der Waals surface area contributed by atoms with Gasteiger partial charge in [-0.2, -0.15) is 0 Å². The average Bonchev–Trinajstić information content (AvgIpc) is 3.13. The highest BCUT2D eigenvalue weighted by Crippen LogP contribution is 2.43. The predicted molar refractivity (Wildman–Crippen MR) is 124 cm³/mol. The summed E-state index contributed by atoms with van der Waals surface area (Å²) in [5.74, 6) is -0.287. The van der Waals surface area contributed by atoms with Crippen molar-refractivity contribution in [2.75, 3.05) is 26.2 Å².